The first kappa shape index (κ1) is 16.2. The van der Waals surface area contributed by atoms with E-state index in [0.717, 1.165) is 6.07 Å². The summed E-state index contributed by atoms with van der Waals surface area (Å²) in [6, 6.07) is 3.77. The Morgan fingerprint density at radius 3 is 2.68 bits per heavy atom. The quantitative estimate of drug-likeness (QED) is 0.760. The molecule has 0 radical (unpaired) electrons. The summed E-state index contributed by atoms with van der Waals surface area (Å²) >= 11 is 0. The van der Waals surface area contributed by atoms with Crippen LogP contribution >= 0.6 is 0 Å². The van der Waals surface area contributed by atoms with Crippen LogP contribution < -0.4 is 10.5 Å². The Bertz CT molecular complexity index is 561. The van der Waals surface area contributed by atoms with Gasteiger partial charge in [-0.25, -0.2) is 17.5 Å². The SMILES string of the molecule is CCS(=O)CCNS(=O)(=O)c1cccc(F)c1CN. The maximum Gasteiger partial charge on any atom is 0.241 e. The predicted octanol–water partition coefficient (Wildman–Crippen LogP) is 0.331. The van der Waals surface area contributed by atoms with E-state index in [2.05, 4.69) is 4.72 Å². The van der Waals surface area contributed by atoms with Crippen molar-refractivity contribution >= 4 is 20.8 Å². The van der Waals surface area contributed by atoms with Crippen LogP contribution in [0.25, 0.3) is 0 Å². The number of nitrogens with two attached hydrogens (primary N) is 1. The van der Waals surface area contributed by atoms with Gasteiger partial charge in [0, 0.05) is 41.0 Å². The lowest BCUT2D eigenvalue weighted by atomic mass is 10.2. The van der Waals surface area contributed by atoms with Gasteiger partial charge < -0.3 is 5.73 Å². The lowest BCUT2D eigenvalue weighted by molar-refractivity contribution is 0.573. The zero-order valence-corrected chi connectivity index (χ0v) is 12.2. The predicted molar refractivity (Wildman–Crippen MR) is 73.0 cm³/mol. The molecule has 5 nitrogen and oxygen atoms in total. The zero-order valence-electron chi connectivity index (χ0n) is 10.6. The number of nitrogens with one attached hydrogen (secondary N) is 1. The number of benzene rings is 1. The van der Waals surface area contributed by atoms with Crippen molar-refractivity contribution in [2.45, 2.75) is 18.4 Å². The molecule has 1 rings (SSSR count). The Morgan fingerprint density at radius 2 is 2.11 bits per heavy atom. The molecule has 108 valence electrons. The third-order valence-corrected chi connectivity index (χ3v) is 5.36. The minimum Gasteiger partial charge on any atom is -0.326 e. The van der Waals surface area contributed by atoms with Gasteiger partial charge in [0.1, 0.15) is 5.82 Å². The molecule has 0 aromatic heterocycles. The van der Waals surface area contributed by atoms with Crippen LogP contribution in [0.15, 0.2) is 23.1 Å². The first-order chi connectivity index (χ1) is 8.92. The molecule has 1 unspecified atom stereocenters. The monoisotopic (exact) mass is 308 g/mol. The zero-order chi connectivity index (χ0) is 14.5. The molecule has 19 heavy (non-hydrogen) atoms. The van der Waals surface area contributed by atoms with Crippen LogP contribution in [0.2, 0.25) is 0 Å². The Morgan fingerprint density at radius 1 is 1.42 bits per heavy atom. The summed E-state index contributed by atoms with van der Waals surface area (Å²) in [7, 11) is -4.89. The summed E-state index contributed by atoms with van der Waals surface area (Å²) in [5, 5.41) is 0. The van der Waals surface area contributed by atoms with Crippen LogP contribution in [0, 0.1) is 5.82 Å². The highest BCUT2D eigenvalue weighted by atomic mass is 32.2. The van der Waals surface area contributed by atoms with Crippen LogP contribution in [0.5, 0.6) is 0 Å². The number of hydrogen-bond acceptors (Lipinski definition) is 4. The summed E-state index contributed by atoms with van der Waals surface area (Å²) < 4.78 is 51.0. The fraction of sp³-hybridized carbons (Fsp3) is 0.455. The Labute approximate surface area is 114 Å². The molecule has 1 aromatic rings. The van der Waals surface area contributed by atoms with Crippen molar-refractivity contribution < 1.29 is 17.0 Å². The molecule has 3 N–H and O–H groups in total. The molecular weight excluding hydrogens is 291 g/mol. The second-order valence-electron chi connectivity index (χ2n) is 3.75. The average Bonchev–Trinajstić information content (AvgIpc) is 2.37. The van der Waals surface area contributed by atoms with Crippen molar-refractivity contribution in [1.82, 2.24) is 4.72 Å². The molecule has 1 atom stereocenters. The lowest BCUT2D eigenvalue weighted by Crippen LogP contribution is -2.29. The Hall–Kier alpha value is -0.830. The molecular formula is C11H17FN2O3S2. The van der Waals surface area contributed by atoms with Gasteiger partial charge in [-0.1, -0.05) is 13.0 Å². The van der Waals surface area contributed by atoms with Gasteiger partial charge >= 0.3 is 0 Å². The highest BCUT2D eigenvalue weighted by Gasteiger charge is 2.19. The molecule has 1 aromatic carbocycles. The number of rotatable bonds is 7. The highest BCUT2D eigenvalue weighted by Crippen LogP contribution is 2.18. The van der Waals surface area contributed by atoms with E-state index < -0.39 is 26.6 Å². The highest BCUT2D eigenvalue weighted by molar-refractivity contribution is 7.89. The molecule has 0 aliphatic rings. The largest absolute Gasteiger partial charge is 0.326 e. The van der Waals surface area contributed by atoms with Crippen LogP contribution in [0.1, 0.15) is 12.5 Å². The van der Waals surface area contributed by atoms with E-state index >= 15 is 0 Å². The average molecular weight is 308 g/mol. The molecule has 0 saturated carbocycles. The van der Waals surface area contributed by atoms with Crippen LogP contribution in [-0.4, -0.2) is 30.7 Å². The van der Waals surface area contributed by atoms with E-state index in [-0.39, 0.29) is 29.3 Å². The summed E-state index contributed by atoms with van der Waals surface area (Å²) in [6.07, 6.45) is 0. The van der Waals surface area contributed by atoms with Crippen molar-refractivity contribution in [3.05, 3.63) is 29.6 Å². The van der Waals surface area contributed by atoms with Crippen molar-refractivity contribution in [2.24, 2.45) is 5.73 Å². The Balaban J connectivity index is 2.89. The number of halogens is 1. The minimum absolute atomic E-state index is 0.0449. The van der Waals surface area contributed by atoms with Gasteiger partial charge in [0.15, 0.2) is 0 Å². The minimum atomic E-state index is -3.83. The van der Waals surface area contributed by atoms with Gasteiger partial charge in [0.2, 0.25) is 10.0 Å². The van der Waals surface area contributed by atoms with Crippen molar-refractivity contribution in [3.63, 3.8) is 0 Å². The van der Waals surface area contributed by atoms with Crippen molar-refractivity contribution in [1.29, 1.82) is 0 Å². The van der Waals surface area contributed by atoms with E-state index in [9.17, 15) is 17.0 Å². The normalized spacial score (nSPS) is 13.4. The van der Waals surface area contributed by atoms with E-state index in [4.69, 9.17) is 5.73 Å². The van der Waals surface area contributed by atoms with Crippen LogP contribution in [0.4, 0.5) is 4.39 Å². The molecule has 0 heterocycles. The van der Waals surface area contributed by atoms with Gasteiger partial charge in [-0.05, 0) is 12.1 Å². The molecule has 0 fully saturated rings. The van der Waals surface area contributed by atoms with Gasteiger partial charge in [0.05, 0.1) is 4.90 Å². The fourth-order valence-electron chi connectivity index (χ4n) is 1.50. The molecule has 0 amide bonds. The Kier molecular flexibility index (Phi) is 6.05. The molecule has 0 aliphatic carbocycles. The first-order valence-corrected chi connectivity index (χ1v) is 8.71. The van der Waals surface area contributed by atoms with Crippen LogP contribution in [-0.2, 0) is 27.4 Å². The number of hydrogen-bond donors (Lipinski definition) is 2. The van der Waals surface area contributed by atoms with Crippen molar-refractivity contribution in [3.8, 4) is 0 Å². The second-order valence-corrected chi connectivity index (χ2v) is 7.35. The van der Waals surface area contributed by atoms with Gasteiger partial charge in [-0.15, -0.1) is 0 Å². The maximum absolute atomic E-state index is 13.5. The van der Waals surface area contributed by atoms with Gasteiger partial charge in [0.25, 0.3) is 0 Å². The molecule has 8 heteroatoms. The first-order valence-electron chi connectivity index (χ1n) is 5.74. The van der Waals surface area contributed by atoms with Gasteiger partial charge in [-0.3, -0.25) is 4.21 Å². The van der Waals surface area contributed by atoms with E-state index in [1.165, 1.54) is 12.1 Å². The second kappa shape index (κ2) is 7.09. The molecule has 0 spiro atoms. The van der Waals surface area contributed by atoms with Crippen LogP contribution in [0.3, 0.4) is 0 Å². The number of sulfonamides is 1. The summed E-state index contributed by atoms with van der Waals surface area (Å²) in [5.41, 5.74) is 5.32. The summed E-state index contributed by atoms with van der Waals surface area (Å²) in [4.78, 5) is -0.169. The third-order valence-electron chi connectivity index (χ3n) is 2.51. The standard InChI is InChI=1S/C11H17FN2O3S2/c1-2-18(15)7-6-14-19(16,17)11-5-3-4-10(12)9(11)8-13/h3-5,14H,2,6-8,13H2,1H3. The molecule has 0 saturated heterocycles. The summed E-state index contributed by atoms with van der Waals surface area (Å²) in [5.74, 6) is 0.0427. The fourth-order valence-corrected chi connectivity index (χ4v) is 3.54. The van der Waals surface area contributed by atoms with E-state index in [1.54, 1.807) is 6.92 Å². The van der Waals surface area contributed by atoms with E-state index in [1.807, 2.05) is 0 Å². The lowest BCUT2D eigenvalue weighted by Gasteiger charge is -2.10. The topological polar surface area (TPSA) is 89.3 Å². The van der Waals surface area contributed by atoms with E-state index in [0.29, 0.717) is 5.75 Å². The summed E-state index contributed by atoms with van der Waals surface area (Å²) in [6.45, 7) is 1.59. The molecule has 0 aliphatic heterocycles. The maximum atomic E-state index is 13.5. The smallest absolute Gasteiger partial charge is 0.241 e. The van der Waals surface area contributed by atoms with Gasteiger partial charge in [-0.2, -0.15) is 0 Å². The van der Waals surface area contributed by atoms with Crippen molar-refractivity contribution in [2.75, 3.05) is 18.1 Å². The molecule has 0 bridgehead atoms. The third kappa shape index (κ3) is 4.34.